The van der Waals surface area contributed by atoms with Crippen LogP contribution in [0.4, 0.5) is 0 Å². The molecule has 2 rings (SSSR count). The van der Waals surface area contributed by atoms with Crippen molar-refractivity contribution >= 4 is 0 Å². The summed E-state index contributed by atoms with van der Waals surface area (Å²) >= 11 is 0. The van der Waals surface area contributed by atoms with Crippen molar-refractivity contribution in [3.63, 3.8) is 0 Å². The van der Waals surface area contributed by atoms with E-state index in [1.54, 1.807) is 6.07 Å². The van der Waals surface area contributed by atoms with Crippen LogP contribution in [0.15, 0.2) is 24.3 Å². The zero-order valence-electron chi connectivity index (χ0n) is 13.2. The zero-order valence-corrected chi connectivity index (χ0v) is 13.2. The fourth-order valence-electron chi connectivity index (χ4n) is 3.73. The molecular weight excluding hydrogens is 246 g/mol. The van der Waals surface area contributed by atoms with Crippen LogP contribution < -0.4 is 5.32 Å². The SMILES string of the molecule is CC(C)CC1(CNC(C)c2cccc(O)c2)CCCC1. The van der Waals surface area contributed by atoms with Crippen molar-refractivity contribution in [2.45, 2.75) is 58.9 Å². The maximum atomic E-state index is 9.58. The van der Waals surface area contributed by atoms with E-state index in [1.807, 2.05) is 12.1 Å². The van der Waals surface area contributed by atoms with Gasteiger partial charge in [-0.3, -0.25) is 0 Å². The summed E-state index contributed by atoms with van der Waals surface area (Å²) in [5, 5.41) is 13.3. The lowest BCUT2D eigenvalue weighted by Gasteiger charge is -2.33. The maximum Gasteiger partial charge on any atom is 0.115 e. The number of aromatic hydroxyl groups is 1. The molecule has 0 aromatic heterocycles. The minimum Gasteiger partial charge on any atom is -0.508 e. The van der Waals surface area contributed by atoms with Gasteiger partial charge in [0.2, 0.25) is 0 Å². The summed E-state index contributed by atoms with van der Waals surface area (Å²) in [5.41, 5.74) is 1.67. The van der Waals surface area contributed by atoms with Gasteiger partial charge in [0.1, 0.15) is 5.75 Å². The van der Waals surface area contributed by atoms with Gasteiger partial charge < -0.3 is 10.4 Å². The Morgan fingerprint density at radius 1 is 1.20 bits per heavy atom. The van der Waals surface area contributed by atoms with E-state index in [2.05, 4.69) is 32.2 Å². The van der Waals surface area contributed by atoms with Crippen molar-refractivity contribution < 1.29 is 5.11 Å². The maximum absolute atomic E-state index is 9.58. The lowest BCUT2D eigenvalue weighted by Crippen LogP contribution is -2.34. The third-order valence-electron chi connectivity index (χ3n) is 4.66. The minimum atomic E-state index is 0.298. The number of phenolic OH excluding ortho intramolecular Hbond substituents is 1. The summed E-state index contributed by atoms with van der Waals surface area (Å²) in [7, 11) is 0. The molecule has 2 nitrogen and oxygen atoms in total. The van der Waals surface area contributed by atoms with Crippen molar-refractivity contribution in [2.75, 3.05) is 6.54 Å². The molecule has 0 bridgehead atoms. The van der Waals surface area contributed by atoms with Crippen molar-refractivity contribution in [1.29, 1.82) is 0 Å². The molecule has 0 spiro atoms. The van der Waals surface area contributed by atoms with Crippen LogP contribution in [0.5, 0.6) is 5.75 Å². The molecule has 1 aliphatic carbocycles. The normalized spacial score (nSPS) is 19.4. The van der Waals surface area contributed by atoms with E-state index in [0.29, 0.717) is 17.2 Å². The highest BCUT2D eigenvalue weighted by molar-refractivity contribution is 5.29. The highest BCUT2D eigenvalue weighted by atomic mass is 16.3. The van der Waals surface area contributed by atoms with E-state index in [1.165, 1.54) is 37.7 Å². The van der Waals surface area contributed by atoms with Crippen molar-refractivity contribution in [2.24, 2.45) is 11.3 Å². The third-order valence-corrected chi connectivity index (χ3v) is 4.66. The number of hydrogen-bond acceptors (Lipinski definition) is 2. The molecule has 1 aromatic rings. The predicted molar refractivity (Wildman–Crippen MR) is 84.9 cm³/mol. The average molecular weight is 275 g/mol. The largest absolute Gasteiger partial charge is 0.508 e. The summed E-state index contributed by atoms with van der Waals surface area (Å²) in [4.78, 5) is 0. The minimum absolute atomic E-state index is 0.298. The van der Waals surface area contributed by atoms with E-state index in [0.717, 1.165) is 12.5 Å². The monoisotopic (exact) mass is 275 g/mol. The molecular formula is C18H29NO. The fraction of sp³-hybridized carbons (Fsp3) is 0.667. The van der Waals surface area contributed by atoms with Crippen LogP contribution >= 0.6 is 0 Å². The molecule has 2 heteroatoms. The quantitative estimate of drug-likeness (QED) is 0.792. The Labute approximate surface area is 123 Å². The van der Waals surface area contributed by atoms with Gasteiger partial charge in [0.05, 0.1) is 0 Å². The summed E-state index contributed by atoms with van der Waals surface area (Å²) in [6.07, 6.45) is 6.83. The number of benzene rings is 1. The van der Waals surface area contributed by atoms with Gasteiger partial charge in [-0.15, -0.1) is 0 Å². The molecule has 1 unspecified atom stereocenters. The number of nitrogens with one attached hydrogen (secondary N) is 1. The molecule has 0 aliphatic heterocycles. The molecule has 112 valence electrons. The van der Waals surface area contributed by atoms with E-state index in [-0.39, 0.29) is 0 Å². The van der Waals surface area contributed by atoms with Gasteiger partial charge in [-0.1, -0.05) is 38.8 Å². The number of rotatable bonds is 6. The first-order valence-electron chi connectivity index (χ1n) is 8.03. The molecule has 1 atom stereocenters. The molecule has 20 heavy (non-hydrogen) atoms. The second kappa shape index (κ2) is 6.62. The average Bonchev–Trinajstić information content (AvgIpc) is 2.84. The van der Waals surface area contributed by atoms with Gasteiger partial charge in [-0.2, -0.15) is 0 Å². The summed E-state index contributed by atoms with van der Waals surface area (Å²) < 4.78 is 0. The van der Waals surface area contributed by atoms with Crippen LogP contribution in [0.25, 0.3) is 0 Å². The second-order valence-corrected chi connectivity index (χ2v) is 7.00. The number of hydrogen-bond donors (Lipinski definition) is 2. The van der Waals surface area contributed by atoms with Gasteiger partial charge in [0, 0.05) is 12.6 Å². The lowest BCUT2D eigenvalue weighted by molar-refractivity contribution is 0.217. The van der Waals surface area contributed by atoms with Gasteiger partial charge in [0.15, 0.2) is 0 Å². The van der Waals surface area contributed by atoms with E-state index in [4.69, 9.17) is 0 Å². The fourth-order valence-corrected chi connectivity index (χ4v) is 3.73. The van der Waals surface area contributed by atoms with Crippen LogP contribution in [-0.2, 0) is 0 Å². The Morgan fingerprint density at radius 2 is 1.90 bits per heavy atom. The molecule has 0 saturated heterocycles. The first kappa shape index (κ1) is 15.4. The van der Waals surface area contributed by atoms with Gasteiger partial charge in [-0.05, 0) is 55.2 Å². The molecule has 1 aromatic carbocycles. The van der Waals surface area contributed by atoms with Gasteiger partial charge in [0.25, 0.3) is 0 Å². The van der Waals surface area contributed by atoms with E-state index >= 15 is 0 Å². The topological polar surface area (TPSA) is 32.3 Å². The molecule has 0 heterocycles. The van der Waals surface area contributed by atoms with Crippen LogP contribution in [0.2, 0.25) is 0 Å². The predicted octanol–water partition coefficient (Wildman–Crippen LogP) is 4.65. The smallest absolute Gasteiger partial charge is 0.115 e. The van der Waals surface area contributed by atoms with Crippen molar-refractivity contribution in [1.82, 2.24) is 5.32 Å². The zero-order chi connectivity index (χ0) is 14.6. The molecule has 0 radical (unpaired) electrons. The van der Waals surface area contributed by atoms with Gasteiger partial charge >= 0.3 is 0 Å². The highest BCUT2D eigenvalue weighted by Crippen LogP contribution is 2.43. The molecule has 0 amide bonds. The Morgan fingerprint density at radius 3 is 2.50 bits per heavy atom. The third kappa shape index (κ3) is 3.99. The summed E-state index contributed by atoms with van der Waals surface area (Å²) in [6, 6.07) is 7.89. The Balaban J connectivity index is 1.95. The first-order chi connectivity index (χ1) is 9.51. The first-order valence-corrected chi connectivity index (χ1v) is 8.03. The van der Waals surface area contributed by atoms with Crippen LogP contribution in [0.1, 0.15) is 64.5 Å². The Hall–Kier alpha value is -1.02. The lowest BCUT2D eigenvalue weighted by atomic mass is 9.78. The van der Waals surface area contributed by atoms with Crippen molar-refractivity contribution in [3.8, 4) is 5.75 Å². The van der Waals surface area contributed by atoms with Crippen LogP contribution in [0.3, 0.4) is 0 Å². The number of phenols is 1. The van der Waals surface area contributed by atoms with Crippen molar-refractivity contribution in [3.05, 3.63) is 29.8 Å². The molecule has 1 aliphatic rings. The molecule has 2 N–H and O–H groups in total. The van der Waals surface area contributed by atoms with E-state index in [9.17, 15) is 5.11 Å². The second-order valence-electron chi connectivity index (χ2n) is 7.00. The standard InChI is InChI=1S/C18H29NO/c1-14(2)12-18(9-4-5-10-18)13-19-15(3)16-7-6-8-17(20)11-16/h6-8,11,14-15,19-20H,4-5,9-10,12-13H2,1-3H3. The molecule has 1 saturated carbocycles. The summed E-state index contributed by atoms with van der Waals surface area (Å²) in [6.45, 7) is 7.95. The van der Waals surface area contributed by atoms with E-state index < -0.39 is 0 Å². The Bertz CT molecular complexity index is 421. The highest BCUT2D eigenvalue weighted by Gasteiger charge is 2.34. The van der Waals surface area contributed by atoms with Gasteiger partial charge in [-0.25, -0.2) is 0 Å². The summed E-state index contributed by atoms with van der Waals surface area (Å²) in [5.74, 6) is 1.12. The van der Waals surface area contributed by atoms with Crippen LogP contribution in [0, 0.1) is 11.3 Å². The van der Waals surface area contributed by atoms with Crippen LogP contribution in [-0.4, -0.2) is 11.7 Å². The molecule has 1 fully saturated rings. The Kier molecular flexibility index (Phi) is 5.09.